The number of aromatic hydroxyl groups is 1. The predicted octanol–water partition coefficient (Wildman–Crippen LogP) is 4.87. The molecule has 2 heterocycles. The molecule has 0 aliphatic carbocycles. The number of phenolic OH excluding ortho intramolecular Hbond substituents is 1. The number of thiophene rings is 1. The lowest BCUT2D eigenvalue weighted by Crippen LogP contribution is -2.12. The van der Waals surface area contributed by atoms with E-state index in [1.54, 1.807) is 23.7 Å². The van der Waals surface area contributed by atoms with Crippen molar-refractivity contribution >= 4 is 38.7 Å². The van der Waals surface area contributed by atoms with Crippen LogP contribution in [0.5, 0.6) is 5.75 Å². The summed E-state index contributed by atoms with van der Waals surface area (Å²) in [7, 11) is 0. The van der Waals surface area contributed by atoms with Gasteiger partial charge in [-0.3, -0.25) is 4.90 Å². The van der Waals surface area contributed by atoms with Crippen molar-refractivity contribution in [2.45, 2.75) is 0 Å². The number of hydrogen-bond acceptors (Lipinski definition) is 5. The first-order valence-electron chi connectivity index (χ1n) is 7.16. The summed E-state index contributed by atoms with van der Waals surface area (Å²) in [6.07, 6.45) is 1.56. The summed E-state index contributed by atoms with van der Waals surface area (Å²) in [5, 5.41) is 12.3. The van der Waals surface area contributed by atoms with Crippen LogP contribution in [0.4, 0.5) is 17.2 Å². The van der Waals surface area contributed by atoms with Crippen LogP contribution in [-0.4, -0.2) is 15.1 Å². The summed E-state index contributed by atoms with van der Waals surface area (Å²) >= 11 is 1.59. The van der Waals surface area contributed by atoms with E-state index in [9.17, 15) is 5.11 Å². The summed E-state index contributed by atoms with van der Waals surface area (Å²) < 4.78 is 0.986. The van der Waals surface area contributed by atoms with E-state index in [2.05, 4.69) is 9.97 Å². The fourth-order valence-corrected chi connectivity index (χ4v) is 3.36. The summed E-state index contributed by atoms with van der Waals surface area (Å²) in [5.74, 6) is 0.970. The van der Waals surface area contributed by atoms with E-state index < -0.39 is 0 Å². The number of aromatic nitrogens is 2. The molecule has 2 aromatic carbocycles. The molecule has 5 heteroatoms. The standard InChI is InChI=1S/C18H13N3OS/c22-16-9-5-4-8-15(16)21(13-6-2-1-3-7-13)18-17-14(10-11-23-17)19-12-20-18/h1-12,22H. The lowest BCUT2D eigenvalue weighted by molar-refractivity contribution is 0.476. The van der Waals surface area contributed by atoms with E-state index in [0.717, 1.165) is 21.7 Å². The molecule has 4 rings (SSSR count). The Hall–Kier alpha value is -2.92. The van der Waals surface area contributed by atoms with E-state index in [0.29, 0.717) is 5.69 Å². The third kappa shape index (κ3) is 2.41. The van der Waals surface area contributed by atoms with Crippen molar-refractivity contribution in [3.63, 3.8) is 0 Å². The van der Waals surface area contributed by atoms with E-state index in [1.165, 1.54) is 0 Å². The molecule has 4 aromatic rings. The van der Waals surface area contributed by atoms with Gasteiger partial charge in [-0.2, -0.15) is 0 Å². The molecule has 0 fully saturated rings. The number of benzene rings is 2. The third-order valence-electron chi connectivity index (χ3n) is 3.57. The van der Waals surface area contributed by atoms with Gasteiger partial charge in [-0.1, -0.05) is 30.3 Å². The van der Waals surface area contributed by atoms with Gasteiger partial charge in [0.2, 0.25) is 0 Å². The maximum absolute atomic E-state index is 10.3. The predicted molar refractivity (Wildman–Crippen MR) is 93.8 cm³/mol. The minimum atomic E-state index is 0.208. The highest BCUT2D eigenvalue weighted by atomic mass is 32.1. The molecule has 0 saturated carbocycles. The monoisotopic (exact) mass is 319 g/mol. The lowest BCUT2D eigenvalue weighted by atomic mass is 10.2. The fourth-order valence-electron chi connectivity index (χ4n) is 2.54. The maximum atomic E-state index is 10.3. The zero-order chi connectivity index (χ0) is 15.6. The van der Waals surface area contributed by atoms with Gasteiger partial charge in [-0.05, 0) is 35.7 Å². The Balaban J connectivity index is 2.00. The van der Waals surface area contributed by atoms with Crippen LogP contribution in [0.3, 0.4) is 0 Å². The average molecular weight is 319 g/mol. The molecule has 112 valence electrons. The highest BCUT2D eigenvalue weighted by Crippen LogP contribution is 2.41. The van der Waals surface area contributed by atoms with Crippen molar-refractivity contribution in [2.24, 2.45) is 0 Å². The molecule has 0 aliphatic rings. The van der Waals surface area contributed by atoms with Gasteiger partial charge in [0.1, 0.15) is 12.1 Å². The van der Waals surface area contributed by atoms with E-state index in [1.807, 2.05) is 64.9 Å². The molecule has 0 bridgehead atoms. The quantitative estimate of drug-likeness (QED) is 0.585. The van der Waals surface area contributed by atoms with Crippen molar-refractivity contribution < 1.29 is 5.11 Å². The molecule has 0 amide bonds. The smallest absolute Gasteiger partial charge is 0.159 e. The number of anilines is 3. The van der Waals surface area contributed by atoms with Crippen molar-refractivity contribution in [2.75, 3.05) is 4.90 Å². The van der Waals surface area contributed by atoms with Gasteiger partial charge in [0, 0.05) is 5.69 Å². The summed E-state index contributed by atoms with van der Waals surface area (Å²) in [6.45, 7) is 0. The number of rotatable bonds is 3. The second-order valence-electron chi connectivity index (χ2n) is 4.99. The highest BCUT2D eigenvalue weighted by molar-refractivity contribution is 7.17. The Kier molecular flexibility index (Phi) is 3.40. The Morgan fingerprint density at radius 1 is 0.870 bits per heavy atom. The van der Waals surface area contributed by atoms with Gasteiger partial charge < -0.3 is 5.11 Å². The first kappa shape index (κ1) is 13.7. The summed E-state index contributed by atoms with van der Waals surface area (Å²) in [5.41, 5.74) is 2.52. The van der Waals surface area contributed by atoms with Crippen molar-refractivity contribution in [1.29, 1.82) is 0 Å². The molecular formula is C18H13N3OS. The van der Waals surface area contributed by atoms with Gasteiger partial charge in [0.15, 0.2) is 5.82 Å². The van der Waals surface area contributed by atoms with Crippen LogP contribution < -0.4 is 4.90 Å². The van der Waals surface area contributed by atoms with Crippen molar-refractivity contribution in [1.82, 2.24) is 9.97 Å². The number of phenols is 1. The fraction of sp³-hybridized carbons (Fsp3) is 0. The second-order valence-corrected chi connectivity index (χ2v) is 5.91. The Labute approximate surface area is 137 Å². The van der Waals surface area contributed by atoms with Gasteiger partial charge >= 0.3 is 0 Å². The van der Waals surface area contributed by atoms with Gasteiger partial charge in [0.25, 0.3) is 0 Å². The molecular weight excluding hydrogens is 306 g/mol. The molecule has 2 aromatic heterocycles. The van der Waals surface area contributed by atoms with E-state index >= 15 is 0 Å². The number of para-hydroxylation sites is 3. The summed E-state index contributed by atoms with van der Waals surface area (Å²) in [4.78, 5) is 10.7. The molecule has 1 N–H and O–H groups in total. The van der Waals surface area contributed by atoms with Crippen molar-refractivity contribution in [3.8, 4) is 5.75 Å². The first-order chi connectivity index (χ1) is 11.3. The third-order valence-corrected chi connectivity index (χ3v) is 4.47. The Morgan fingerprint density at radius 2 is 1.65 bits per heavy atom. The number of nitrogens with zero attached hydrogens (tertiary/aromatic N) is 3. The first-order valence-corrected chi connectivity index (χ1v) is 8.04. The van der Waals surface area contributed by atoms with E-state index in [4.69, 9.17) is 0 Å². The Morgan fingerprint density at radius 3 is 2.48 bits per heavy atom. The van der Waals surface area contributed by atoms with Crippen LogP contribution in [0, 0.1) is 0 Å². The zero-order valence-corrected chi connectivity index (χ0v) is 12.9. The van der Waals surface area contributed by atoms with Crippen LogP contribution in [0.25, 0.3) is 10.2 Å². The molecule has 0 spiro atoms. The van der Waals surface area contributed by atoms with Crippen molar-refractivity contribution in [3.05, 3.63) is 72.4 Å². The SMILES string of the molecule is Oc1ccccc1N(c1ccccc1)c1ncnc2ccsc12. The summed E-state index contributed by atoms with van der Waals surface area (Å²) in [6, 6.07) is 19.1. The molecule has 0 aliphatic heterocycles. The normalized spacial score (nSPS) is 10.8. The molecule has 4 nitrogen and oxygen atoms in total. The second kappa shape index (κ2) is 5.70. The molecule has 23 heavy (non-hydrogen) atoms. The lowest BCUT2D eigenvalue weighted by Gasteiger charge is -2.25. The van der Waals surface area contributed by atoms with Crippen LogP contribution >= 0.6 is 11.3 Å². The van der Waals surface area contributed by atoms with Crippen LogP contribution in [0.2, 0.25) is 0 Å². The van der Waals surface area contributed by atoms with Gasteiger partial charge in [-0.15, -0.1) is 11.3 Å². The molecule has 0 radical (unpaired) electrons. The van der Waals surface area contributed by atoms with Crippen LogP contribution in [0.1, 0.15) is 0 Å². The zero-order valence-electron chi connectivity index (χ0n) is 12.1. The number of hydrogen-bond donors (Lipinski definition) is 1. The van der Waals surface area contributed by atoms with Gasteiger partial charge in [-0.25, -0.2) is 9.97 Å². The molecule has 0 unspecified atom stereocenters. The van der Waals surface area contributed by atoms with Crippen LogP contribution in [-0.2, 0) is 0 Å². The molecule has 0 atom stereocenters. The largest absolute Gasteiger partial charge is 0.506 e. The number of fused-ring (bicyclic) bond motifs is 1. The Bertz CT molecular complexity index is 953. The maximum Gasteiger partial charge on any atom is 0.159 e. The highest BCUT2D eigenvalue weighted by Gasteiger charge is 2.19. The van der Waals surface area contributed by atoms with Gasteiger partial charge in [0.05, 0.1) is 15.9 Å². The van der Waals surface area contributed by atoms with Crippen LogP contribution in [0.15, 0.2) is 72.4 Å². The topological polar surface area (TPSA) is 49.2 Å². The average Bonchev–Trinajstić information content (AvgIpc) is 3.07. The minimum Gasteiger partial charge on any atom is -0.506 e. The van der Waals surface area contributed by atoms with E-state index in [-0.39, 0.29) is 5.75 Å². The molecule has 0 saturated heterocycles. The minimum absolute atomic E-state index is 0.208.